The fraction of sp³-hybridized carbons (Fsp3) is 0.462. The van der Waals surface area contributed by atoms with E-state index in [1.54, 1.807) is 7.11 Å². The van der Waals surface area contributed by atoms with Gasteiger partial charge in [-0.1, -0.05) is 34.1 Å². The molecule has 7 nitrogen and oxygen atoms in total. The predicted octanol–water partition coefficient (Wildman–Crippen LogP) is 4.77. The lowest BCUT2D eigenvalue weighted by molar-refractivity contribution is -0.142. The Morgan fingerprint density at radius 2 is 1.97 bits per heavy atom. The second-order valence-electron chi connectivity index (χ2n) is 8.50. The molecule has 0 N–H and O–H groups in total. The van der Waals surface area contributed by atoms with E-state index in [4.69, 9.17) is 19.3 Å². The van der Waals surface area contributed by atoms with Crippen LogP contribution >= 0.6 is 15.9 Å². The Morgan fingerprint density at radius 3 is 2.74 bits per heavy atom. The summed E-state index contributed by atoms with van der Waals surface area (Å²) >= 11 is 3.61. The van der Waals surface area contributed by atoms with E-state index in [-0.39, 0.29) is 12.4 Å². The fourth-order valence-corrected chi connectivity index (χ4v) is 4.85. The van der Waals surface area contributed by atoms with E-state index in [2.05, 4.69) is 31.6 Å². The van der Waals surface area contributed by atoms with Crippen molar-refractivity contribution in [3.63, 3.8) is 0 Å². The Bertz CT molecular complexity index is 1110. The summed E-state index contributed by atoms with van der Waals surface area (Å²) in [7, 11) is 1.75. The molecule has 0 amide bonds. The zero-order chi connectivity index (χ0) is 23.9. The molecule has 0 aliphatic carbocycles. The number of methoxy groups -OCH3 is 1. The number of hydrogen-bond donors (Lipinski definition) is 0. The Hall–Kier alpha value is -2.42. The highest BCUT2D eigenvalue weighted by Gasteiger charge is 2.25. The maximum absolute atomic E-state index is 12.1. The van der Waals surface area contributed by atoms with E-state index in [1.807, 2.05) is 43.3 Å². The first-order valence-corrected chi connectivity index (χ1v) is 12.6. The summed E-state index contributed by atoms with van der Waals surface area (Å²) in [6.07, 6.45) is 2.26. The second-order valence-corrected chi connectivity index (χ2v) is 9.41. The molecule has 0 unspecified atom stereocenters. The largest absolute Gasteiger partial charge is 0.487 e. The van der Waals surface area contributed by atoms with Crippen molar-refractivity contribution in [2.45, 2.75) is 38.8 Å². The number of nitrogens with zero attached hydrogens (tertiary/aromatic N) is 3. The molecule has 2 heterocycles. The number of carbonyl (C=O) groups excluding carboxylic acids is 1. The summed E-state index contributed by atoms with van der Waals surface area (Å²) < 4.78 is 19.8. The highest BCUT2D eigenvalue weighted by molar-refractivity contribution is 9.10. The van der Waals surface area contributed by atoms with Crippen LogP contribution in [0.1, 0.15) is 37.1 Å². The van der Waals surface area contributed by atoms with Crippen LogP contribution in [0.2, 0.25) is 0 Å². The SMILES string of the molecule is CCOC(=O)Cc1ccccc1OCc1c2cc(Br)ccc2nn1C1CCN(CCOC)CC1. The third kappa shape index (κ3) is 5.98. The Balaban J connectivity index is 1.56. The molecule has 4 rings (SSSR count). The molecule has 34 heavy (non-hydrogen) atoms. The number of likely N-dealkylation sites (tertiary alicyclic amines) is 1. The van der Waals surface area contributed by atoms with E-state index >= 15 is 0 Å². The minimum atomic E-state index is -0.252. The number of esters is 1. The maximum atomic E-state index is 12.1. The normalized spacial score (nSPS) is 15.0. The van der Waals surface area contributed by atoms with E-state index in [0.717, 1.165) is 65.7 Å². The van der Waals surface area contributed by atoms with Crippen LogP contribution in [0.25, 0.3) is 10.9 Å². The fourth-order valence-electron chi connectivity index (χ4n) is 4.48. The van der Waals surface area contributed by atoms with Crippen molar-refractivity contribution in [2.75, 3.05) is 40.0 Å². The van der Waals surface area contributed by atoms with Crippen molar-refractivity contribution in [1.82, 2.24) is 14.7 Å². The lowest BCUT2D eigenvalue weighted by Crippen LogP contribution is -2.37. The first kappa shape index (κ1) is 24.7. The van der Waals surface area contributed by atoms with Gasteiger partial charge in [-0.3, -0.25) is 9.48 Å². The number of hydrogen-bond acceptors (Lipinski definition) is 6. The average molecular weight is 530 g/mol. The van der Waals surface area contributed by atoms with Crippen molar-refractivity contribution < 1.29 is 19.0 Å². The molecule has 0 saturated carbocycles. The van der Waals surface area contributed by atoms with Crippen molar-refractivity contribution in [3.8, 4) is 5.75 Å². The van der Waals surface area contributed by atoms with Gasteiger partial charge in [-0.05, 0) is 44.0 Å². The minimum absolute atomic E-state index is 0.190. The number of carbonyl (C=O) groups is 1. The molecular formula is C26H32BrN3O4. The number of halogens is 1. The highest BCUT2D eigenvalue weighted by Crippen LogP contribution is 2.31. The van der Waals surface area contributed by atoms with Crippen LogP contribution in [0, 0.1) is 0 Å². The van der Waals surface area contributed by atoms with Gasteiger partial charge in [0.2, 0.25) is 0 Å². The van der Waals surface area contributed by atoms with Crippen molar-refractivity contribution in [3.05, 3.63) is 58.2 Å². The van der Waals surface area contributed by atoms with Crippen LogP contribution in [-0.4, -0.2) is 60.6 Å². The van der Waals surface area contributed by atoms with Gasteiger partial charge >= 0.3 is 5.97 Å². The van der Waals surface area contributed by atoms with Crippen LogP contribution in [0.4, 0.5) is 0 Å². The van der Waals surface area contributed by atoms with Gasteiger partial charge in [0.25, 0.3) is 0 Å². The third-order valence-corrected chi connectivity index (χ3v) is 6.75. The topological polar surface area (TPSA) is 65.8 Å². The van der Waals surface area contributed by atoms with E-state index in [0.29, 0.717) is 25.0 Å². The summed E-state index contributed by atoms with van der Waals surface area (Å²) in [6, 6.07) is 14.1. The van der Waals surface area contributed by atoms with Crippen LogP contribution in [0.15, 0.2) is 46.9 Å². The molecule has 2 aromatic carbocycles. The van der Waals surface area contributed by atoms with Crippen LogP contribution < -0.4 is 4.74 Å². The highest BCUT2D eigenvalue weighted by atomic mass is 79.9. The van der Waals surface area contributed by atoms with Crippen LogP contribution in [0.5, 0.6) is 5.75 Å². The number of piperidine rings is 1. The Morgan fingerprint density at radius 1 is 1.18 bits per heavy atom. The molecule has 1 aliphatic rings. The van der Waals surface area contributed by atoms with Crippen molar-refractivity contribution in [2.24, 2.45) is 0 Å². The van der Waals surface area contributed by atoms with Gasteiger partial charge in [-0.2, -0.15) is 5.10 Å². The van der Waals surface area contributed by atoms with Gasteiger partial charge in [0.1, 0.15) is 12.4 Å². The van der Waals surface area contributed by atoms with Gasteiger partial charge in [0.05, 0.1) is 36.9 Å². The van der Waals surface area contributed by atoms with Gasteiger partial charge in [0, 0.05) is 42.2 Å². The number of aromatic nitrogens is 2. The zero-order valence-electron chi connectivity index (χ0n) is 19.8. The number of para-hydroxylation sites is 1. The Labute approximate surface area is 209 Å². The summed E-state index contributed by atoms with van der Waals surface area (Å²) in [5.74, 6) is 0.444. The van der Waals surface area contributed by atoms with Gasteiger partial charge < -0.3 is 19.1 Å². The molecule has 1 fully saturated rings. The smallest absolute Gasteiger partial charge is 0.310 e. The molecule has 0 atom stereocenters. The van der Waals surface area contributed by atoms with E-state index in [1.165, 1.54) is 0 Å². The first-order chi connectivity index (χ1) is 16.6. The monoisotopic (exact) mass is 529 g/mol. The molecule has 0 spiro atoms. The predicted molar refractivity (Wildman–Crippen MR) is 135 cm³/mol. The average Bonchev–Trinajstić information content (AvgIpc) is 3.20. The lowest BCUT2D eigenvalue weighted by Gasteiger charge is -2.32. The number of fused-ring (bicyclic) bond motifs is 1. The quantitative estimate of drug-likeness (QED) is 0.352. The molecule has 182 valence electrons. The molecule has 1 aromatic heterocycles. The van der Waals surface area contributed by atoms with Crippen molar-refractivity contribution >= 4 is 32.8 Å². The molecular weight excluding hydrogens is 498 g/mol. The molecule has 1 saturated heterocycles. The molecule has 0 bridgehead atoms. The lowest BCUT2D eigenvalue weighted by atomic mass is 10.0. The second kappa shape index (κ2) is 11.8. The summed E-state index contributed by atoms with van der Waals surface area (Å²) in [5, 5.41) is 6.05. The maximum Gasteiger partial charge on any atom is 0.310 e. The number of benzene rings is 2. The van der Waals surface area contributed by atoms with Crippen molar-refractivity contribution in [1.29, 1.82) is 0 Å². The van der Waals surface area contributed by atoms with Gasteiger partial charge in [0.15, 0.2) is 0 Å². The molecule has 8 heteroatoms. The molecule has 3 aromatic rings. The minimum Gasteiger partial charge on any atom is -0.487 e. The zero-order valence-corrected chi connectivity index (χ0v) is 21.4. The van der Waals surface area contributed by atoms with E-state index in [9.17, 15) is 4.79 Å². The van der Waals surface area contributed by atoms with Crippen LogP contribution in [0.3, 0.4) is 0 Å². The van der Waals surface area contributed by atoms with Gasteiger partial charge in [-0.15, -0.1) is 0 Å². The third-order valence-electron chi connectivity index (χ3n) is 6.25. The first-order valence-electron chi connectivity index (χ1n) is 11.8. The summed E-state index contributed by atoms with van der Waals surface area (Å²) in [5.41, 5.74) is 2.84. The number of ether oxygens (including phenoxy) is 3. The van der Waals surface area contributed by atoms with Crippen LogP contribution in [-0.2, 0) is 27.3 Å². The molecule has 1 aliphatic heterocycles. The Kier molecular flexibility index (Phi) is 8.59. The summed E-state index contributed by atoms with van der Waals surface area (Å²) in [6.45, 7) is 6.32. The molecule has 0 radical (unpaired) electrons. The summed E-state index contributed by atoms with van der Waals surface area (Å²) in [4.78, 5) is 14.5. The standard InChI is InChI=1S/C26H32BrN3O4/c1-3-33-26(31)16-19-6-4-5-7-25(19)34-18-24-22-17-20(27)8-9-23(22)28-30(24)21-10-12-29(13-11-21)14-15-32-2/h4-9,17,21H,3,10-16,18H2,1-2H3. The number of rotatable bonds is 10. The van der Waals surface area contributed by atoms with Gasteiger partial charge in [-0.25, -0.2) is 0 Å². The van der Waals surface area contributed by atoms with E-state index < -0.39 is 0 Å².